The lowest BCUT2D eigenvalue weighted by Crippen LogP contribution is -2.19. The third kappa shape index (κ3) is 2.08. The van der Waals surface area contributed by atoms with Crippen LogP contribution in [0.15, 0.2) is 0 Å². The predicted octanol–water partition coefficient (Wildman–Crippen LogP) is 1.75. The summed E-state index contributed by atoms with van der Waals surface area (Å²) < 4.78 is 1.88. The van der Waals surface area contributed by atoms with Gasteiger partial charge >= 0.3 is 5.97 Å². The Morgan fingerprint density at radius 1 is 1.62 bits per heavy atom. The summed E-state index contributed by atoms with van der Waals surface area (Å²) >= 11 is 0. The molecule has 0 bridgehead atoms. The molecule has 0 saturated carbocycles. The van der Waals surface area contributed by atoms with Crippen LogP contribution in [-0.2, 0) is 11.3 Å². The summed E-state index contributed by atoms with van der Waals surface area (Å²) in [6, 6.07) is 0. The lowest BCUT2D eigenvalue weighted by atomic mass is 9.96. The molecule has 1 aromatic heterocycles. The molecule has 5 nitrogen and oxygen atoms in total. The molecule has 1 aliphatic heterocycles. The molecule has 2 heterocycles. The van der Waals surface area contributed by atoms with Crippen molar-refractivity contribution in [3.8, 4) is 0 Å². The third-order valence-corrected chi connectivity index (χ3v) is 2.94. The fourth-order valence-corrected chi connectivity index (χ4v) is 2.10. The molecule has 88 valence electrons. The number of fused-ring (bicyclic) bond motifs is 1. The monoisotopic (exact) mass is 223 g/mol. The molecular formula is C11H17N3O2. The molecule has 1 atom stereocenters. The Hall–Kier alpha value is -1.39. The van der Waals surface area contributed by atoms with Crippen LogP contribution in [0.25, 0.3) is 0 Å². The molecule has 1 aromatic rings. The van der Waals surface area contributed by atoms with E-state index in [-0.39, 0.29) is 12.3 Å². The summed E-state index contributed by atoms with van der Waals surface area (Å²) in [5, 5.41) is 13.3. The lowest BCUT2D eigenvalue weighted by Gasteiger charge is -2.20. The SMILES string of the molecule is CC(C)c1nc2n(n1)CCCC2CC(=O)O. The molecule has 5 heteroatoms. The van der Waals surface area contributed by atoms with Gasteiger partial charge in [0.1, 0.15) is 5.82 Å². The second-order valence-corrected chi connectivity index (χ2v) is 4.64. The summed E-state index contributed by atoms with van der Waals surface area (Å²) in [7, 11) is 0. The van der Waals surface area contributed by atoms with Crippen LogP contribution in [0.5, 0.6) is 0 Å². The normalized spacial score (nSPS) is 19.8. The average molecular weight is 223 g/mol. The van der Waals surface area contributed by atoms with Gasteiger partial charge in [-0.1, -0.05) is 13.8 Å². The Morgan fingerprint density at radius 3 is 3.00 bits per heavy atom. The number of carboxylic acids is 1. The largest absolute Gasteiger partial charge is 0.481 e. The van der Waals surface area contributed by atoms with Crippen LogP contribution >= 0.6 is 0 Å². The van der Waals surface area contributed by atoms with Gasteiger partial charge in [-0.05, 0) is 12.8 Å². The van der Waals surface area contributed by atoms with Gasteiger partial charge in [0.05, 0.1) is 6.42 Å². The quantitative estimate of drug-likeness (QED) is 0.847. The zero-order valence-corrected chi connectivity index (χ0v) is 9.68. The number of rotatable bonds is 3. The average Bonchev–Trinajstić information content (AvgIpc) is 2.61. The highest BCUT2D eigenvalue weighted by Gasteiger charge is 2.26. The van der Waals surface area contributed by atoms with Crippen LogP contribution in [-0.4, -0.2) is 25.8 Å². The van der Waals surface area contributed by atoms with E-state index in [9.17, 15) is 4.79 Å². The molecule has 0 fully saturated rings. The summed E-state index contributed by atoms with van der Waals surface area (Å²) in [5.74, 6) is 1.26. The Morgan fingerprint density at radius 2 is 2.38 bits per heavy atom. The van der Waals surface area contributed by atoms with Crippen molar-refractivity contribution in [1.82, 2.24) is 14.8 Å². The topological polar surface area (TPSA) is 68.0 Å². The van der Waals surface area contributed by atoms with E-state index in [1.807, 2.05) is 18.5 Å². The molecule has 1 unspecified atom stereocenters. The highest BCUT2D eigenvalue weighted by molar-refractivity contribution is 5.67. The van der Waals surface area contributed by atoms with E-state index in [1.165, 1.54) is 0 Å². The summed E-state index contributed by atoms with van der Waals surface area (Å²) in [6.45, 7) is 4.96. The summed E-state index contributed by atoms with van der Waals surface area (Å²) in [6.07, 6.45) is 2.06. The molecule has 0 aliphatic carbocycles. The molecule has 0 amide bonds. The van der Waals surface area contributed by atoms with Crippen LogP contribution in [0, 0.1) is 0 Å². The van der Waals surface area contributed by atoms with E-state index in [0.717, 1.165) is 31.0 Å². The van der Waals surface area contributed by atoms with Crippen molar-refractivity contribution in [2.45, 2.75) is 51.5 Å². The molecule has 0 saturated heterocycles. The maximum absolute atomic E-state index is 10.8. The van der Waals surface area contributed by atoms with Gasteiger partial charge in [-0.3, -0.25) is 4.79 Å². The number of hydrogen-bond acceptors (Lipinski definition) is 3. The van der Waals surface area contributed by atoms with E-state index >= 15 is 0 Å². The van der Waals surface area contributed by atoms with Crippen LogP contribution in [0.1, 0.15) is 56.6 Å². The first-order chi connectivity index (χ1) is 7.58. The second kappa shape index (κ2) is 4.23. The minimum Gasteiger partial charge on any atom is -0.481 e. The van der Waals surface area contributed by atoms with Gasteiger partial charge in [0.2, 0.25) is 0 Å². The van der Waals surface area contributed by atoms with Gasteiger partial charge in [-0.15, -0.1) is 0 Å². The Labute approximate surface area is 94.5 Å². The van der Waals surface area contributed by atoms with Crippen molar-refractivity contribution in [1.29, 1.82) is 0 Å². The molecule has 1 N–H and O–H groups in total. The van der Waals surface area contributed by atoms with E-state index < -0.39 is 5.97 Å². The number of nitrogens with zero attached hydrogens (tertiary/aromatic N) is 3. The number of aryl methyl sites for hydroxylation is 1. The maximum Gasteiger partial charge on any atom is 0.304 e. The molecule has 16 heavy (non-hydrogen) atoms. The van der Waals surface area contributed by atoms with Gasteiger partial charge in [0.15, 0.2) is 5.82 Å². The molecule has 0 aromatic carbocycles. The van der Waals surface area contributed by atoms with Crippen LogP contribution in [0.2, 0.25) is 0 Å². The fraction of sp³-hybridized carbons (Fsp3) is 0.727. The van der Waals surface area contributed by atoms with Crippen molar-refractivity contribution in [3.05, 3.63) is 11.6 Å². The minimum atomic E-state index is -0.757. The first-order valence-corrected chi connectivity index (χ1v) is 5.74. The fourth-order valence-electron chi connectivity index (χ4n) is 2.10. The zero-order chi connectivity index (χ0) is 11.7. The Bertz CT molecular complexity index is 398. The molecule has 1 aliphatic rings. The third-order valence-electron chi connectivity index (χ3n) is 2.94. The van der Waals surface area contributed by atoms with Crippen molar-refractivity contribution >= 4 is 5.97 Å². The van der Waals surface area contributed by atoms with Crippen molar-refractivity contribution < 1.29 is 9.90 Å². The molecular weight excluding hydrogens is 206 g/mol. The second-order valence-electron chi connectivity index (χ2n) is 4.64. The van der Waals surface area contributed by atoms with Gasteiger partial charge in [0.25, 0.3) is 0 Å². The van der Waals surface area contributed by atoms with Crippen molar-refractivity contribution in [2.24, 2.45) is 0 Å². The number of hydrogen-bond donors (Lipinski definition) is 1. The van der Waals surface area contributed by atoms with Gasteiger partial charge in [-0.25, -0.2) is 9.67 Å². The highest BCUT2D eigenvalue weighted by Crippen LogP contribution is 2.29. The summed E-state index contributed by atoms with van der Waals surface area (Å²) in [4.78, 5) is 15.2. The summed E-state index contributed by atoms with van der Waals surface area (Å²) in [5.41, 5.74) is 0. The van der Waals surface area contributed by atoms with Crippen LogP contribution in [0.4, 0.5) is 0 Å². The first kappa shape index (κ1) is 11.1. The van der Waals surface area contributed by atoms with Gasteiger partial charge in [-0.2, -0.15) is 5.10 Å². The number of aliphatic carboxylic acids is 1. The molecule has 0 spiro atoms. The lowest BCUT2D eigenvalue weighted by molar-refractivity contribution is -0.137. The van der Waals surface area contributed by atoms with Crippen LogP contribution < -0.4 is 0 Å². The van der Waals surface area contributed by atoms with E-state index in [1.54, 1.807) is 0 Å². The molecule has 2 rings (SSSR count). The zero-order valence-electron chi connectivity index (χ0n) is 9.68. The van der Waals surface area contributed by atoms with E-state index in [4.69, 9.17) is 5.11 Å². The smallest absolute Gasteiger partial charge is 0.304 e. The number of carbonyl (C=O) groups is 1. The van der Waals surface area contributed by atoms with E-state index in [0.29, 0.717) is 5.92 Å². The van der Waals surface area contributed by atoms with Gasteiger partial charge in [0, 0.05) is 18.4 Å². The van der Waals surface area contributed by atoms with Crippen molar-refractivity contribution in [2.75, 3.05) is 0 Å². The first-order valence-electron chi connectivity index (χ1n) is 5.74. The standard InChI is InChI=1S/C11H17N3O2/c1-7(2)10-12-11-8(6-9(15)16)4-3-5-14(11)13-10/h7-8H,3-6H2,1-2H3,(H,15,16). The van der Waals surface area contributed by atoms with Crippen LogP contribution in [0.3, 0.4) is 0 Å². The predicted molar refractivity (Wildman–Crippen MR) is 58.3 cm³/mol. The minimum absolute atomic E-state index is 0.0336. The van der Waals surface area contributed by atoms with E-state index in [2.05, 4.69) is 10.1 Å². The Balaban J connectivity index is 2.27. The maximum atomic E-state index is 10.8. The Kier molecular flexibility index (Phi) is 2.94. The molecule has 0 radical (unpaired) electrons. The highest BCUT2D eigenvalue weighted by atomic mass is 16.4. The van der Waals surface area contributed by atoms with Gasteiger partial charge < -0.3 is 5.11 Å². The van der Waals surface area contributed by atoms with Crippen molar-refractivity contribution in [3.63, 3.8) is 0 Å². The number of aromatic nitrogens is 3. The number of carboxylic acid groups (broad SMARTS) is 1.